The fourth-order valence-corrected chi connectivity index (χ4v) is 5.69. The molecule has 2 aliphatic carbocycles. The van der Waals surface area contributed by atoms with E-state index in [-0.39, 0.29) is 11.8 Å². The highest BCUT2D eigenvalue weighted by molar-refractivity contribution is 7.89. The van der Waals surface area contributed by atoms with E-state index in [4.69, 9.17) is 0 Å². The zero-order valence-corrected chi connectivity index (χ0v) is 18.5. The summed E-state index contributed by atoms with van der Waals surface area (Å²) in [5, 5.41) is 3.30. The van der Waals surface area contributed by atoms with Gasteiger partial charge in [0.05, 0.1) is 4.90 Å². The normalized spacial score (nSPS) is 24.4. The Morgan fingerprint density at radius 1 is 0.897 bits per heavy atom. The van der Waals surface area contributed by atoms with E-state index in [1.54, 1.807) is 12.1 Å². The van der Waals surface area contributed by atoms with Crippen molar-refractivity contribution >= 4 is 15.9 Å². The van der Waals surface area contributed by atoms with Crippen LogP contribution in [0.4, 0.5) is 0 Å². The molecule has 2 saturated carbocycles. The summed E-state index contributed by atoms with van der Waals surface area (Å²) >= 11 is 0. The molecular formula is C23H36N2O3S. The summed E-state index contributed by atoms with van der Waals surface area (Å²) in [6.07, 6.45) is 12.1. The van der Waals surface area contributed by atoms with Gasteiger partial charge in [-0.2, -0.15) is 0 Å². The number of sulfonamides is 1. The lowest BCUT2D eigenvalue weighted by molar-refractivity contribution is -0.127. The molecule has 0 unspecified atom stereocenters. The van der Waals surface area contributed by atoms with Gasteiger partial charge in [-0.05, 0) is 63.5 Å². The van der Waals surface area contributed by atoms with Gasteiger partial charge in [0.1, 0.15) is 0 Å². The predicted octanol–water partition coefficient (Wildman–Crippen LogP) is 4.31. The summed E-state index contributed by atoms with van der Waals surface area (Å²) in [5.41, 5.74) is 1.04. The smallest absolute Gasteiger partial charge is 0.240 e. The first-order chi connectivity index (χ1) is 13.9. The van der Waals surface area contributed by atoms with Crippen molar-refractivity contribution in [1.29, 1.82) is 0 Å². The average molecular weight is 421 g/mol. The Labute approximate surface area is 176 Å². The van der Waals surface area contributed by atoms with E-state index >= 15 is 0 Å². The quantitative estimate of drug-likeness (QED) is 0.720. The van der Waals surface area contributed by atoms with Gasteiger partial charge in [0.25, 0.3) is 0 Å². The molecule has 5 nitrogen and oxygen atoms in total. The van der Waals surface area contributed by atoms with Crippen molar-refractivity contribution < 1.29 is 13.2 Å². The maximum absolute atomic E-state index is 12.7. The summed E-state index contributed by atoms with van der Waals surface area (Å²) in [6, 6.07) is 7.27. The van der Waals surface area contributed by atoms with Crippen LogP contribution in [0.3, 0.4) is 0 Å². The van der Waals surface area contributed by atoms with Crippen LogP contribution in [0.5, 0.6) is 0 Å². The van der Waals surface area contributed by atoms with E-state index in [2.05, 4.69) is 10.0 Å². The van der Waals surface area contributed by atoms with Crippen molar-refractivity contribution in [3.63, 3.8) is 0 Å². The molecule has 2 aliphatic rings. The molecule has 0 heterocycles. The lowest BCUT2D eigenvalue weighted by atomic mass is 9.81. The van der Waals surface area contributed by atoms with Crippen molar-refractivity contribution in [2.45, 2.75) is 88.5 Å². The maximum Gasteiger partial charge on any atom is 0.240 e. The SMILES string of the molecule is Cc1ccc(S(=O)(=O)NCC2CCC(C(=O)NC3CCCCCCC3)CC2)cc1. The molecule has 2 N–H and O–H groups in total. The standard InChI is InChI=1S/C23H36N2O3S/c1-18-9-15-22(16-10-18)29(27,28)24-17-19-11-13-20(14-12-19)23(26)25-21-7-5-3-2-4-6-8-21/h9-10,15-16,19-21,24H,2-8,11-14,17H2,1H3,(H,25,26). The van der Waals surface area contributed by atoms with Gasteiger partial charge in [0.2, 0.25) is 15.9 Å². The average Bonchev–Trinajstić information content (AvgIpc) is 2.69. The zero-order chi connectivity index (χ0) is 20.7. The molecule has 162 valence electrons. The minimum atomic E-state index is -3.46. The first-order valence-electron chi connectivity index (χ1n) is 11.3. The lowest BCUT2D eigenvalue weighted by Crippen LogP contribution is -2.41. The van der Waals surface area contributed by atoms with Gasteiger partial charge in [-0.1, -0.05) is 49.8 Å². The van der Waals surface area contributed by atoms with Gasteiger partial charge in [0, 0.05) is 18.5 Å². The molecule has 1 amide bonds. The number of hydrogen-bond acceptors (Lipinski definition) is 3. The summed E-state index contributed by atoms with van der Waals surface area (Å²) in [7, 11) is -3.46. The van der Waals surface area contributed by atoms with Crippen LogP contribution in [0.25, 0.3) is 0 Å². The van der Waals surface area contributed by atoms with Crippen LogP contribution < -0.4 is 10.0 Å². The molecule has 29 heavy (non-hydrogen) atoms. The summed E-state index contributed by atoms with van der Waals surface area (Å²) in [5.74, 6) is 0.611. The molecule has 0 aromatic heterocycles. The van der Waals surface area contributed by atoms with Gasteiger partial charge in [-0.15, -0.1) is 0 Å². The molecule has 1 aromatic rings. The van der Waals surface area contributed by atoms with E-state index in [9.17, 15) is 13.2 Å². The second kappa shape index (κ2) is 10.6. The molecule has 3 rings (SSSR count). The number of carbonyl (C=O) groups excluding carboxylic acids is 1. The Kier molecular flexibility index (Phi) is 8.13. The van der Waals surface area contributed by atoms with Gasteiger partial charge in [-0.3, -0.25) is 4.79 Å². The predicted molar refractivity (Wildman–Crippen MR) is 116 cm³/mol. The molecule has 1 aromatic carbocycles. The maximum atomic E-state index is 12.7. The van der Waals surface area contributed by atoms with Crippen LogP contribution in [0.2, 0.25) is 0 Å². The number of aryl methyl sites for hydroxylation is 1. The zero-order valence-electron chi connectivity index (χ0n) is 17.7. The van der Waals surface area contributed by atoms with Crippen LogP contribution in [0.15, 0.2) is 29.2 Å². The van der Waals surface area contributed by atoms with Crippen LogP contribution in [0, 0.1) is 18.8 Å². The highest BCUT2D eigenvalue weighted by Crippen LogP contribution is 2.29. The van der Waals surface area contributed by atoms with Crippen LogP contribution in [0.1, 0.15) is 76.2 Å². The first kappa shape index (κ1) is 22.3. The van der Waals surface area contributed by atoms with E-state index in [1.807, 2.05) is 19.1 Å². The Morgan fingerprint density at radius 3 is 2.10 bits per heavy atom. The van der Waals surface area contributed by atoms with Gasteiger partial charge in [-0.25, -0.2) is 13.1 Å². The molecule has 0 aliphatic heterocycles. The van der Waals surface area contributed by atoms with Crippen LogP contribution >= 0.6 is 0 Å². The molecule has 0 bridgehead atoms. The van der Waals surface area contributed by atoms with Crippen molar-refractivity contribution in [2.24, 2.45) is 11.8 Å². The molecule has 6 heteroatoms. The van der Waals surface area contributed by atoms with E-state index in [0.29, 0.717) is 23.4 Å². The van der Waals surface area contributed by atoms with Crippen LogP contribution in [-0.4, -0.2) is 26.9 Å². The third-order valence-corrected chi connectivity index (χ3v) is 8.00. The van der Waals surface area contributed by atoms with Crippen molar-refractivity contribution in [1.82, 2.24) is 10.0 Å². The number of hydrogen-bond donors (Lipinski definition) is 2. The summed E-state index contributed by atoms with van der Waals surface area (Å²) in [4.78, 5) is 13.0. The number of benzene rings is 1. The third-order valence-electron chi connectivity index (χ3n) is 6.56. The minimum absolute atomic E-state index is 0.0883. The van der Waals surface area contributed by atoms with Gasteiger partial charge in [0.15, 0.2) is 0 Å². The summed E-state index contributed by atoms with van der Waals surface area (Å²) < 4.78 is 27.7. The first-order valence-corrected chi connectivity index (χ1v) is 12.8. The lowest BCUT2D eigenvalue weighted by Gasteiger charge is -2.30. The molecule has 0 radical (unpaired) electrons. The van der Waals surface area contributed by atoms with Crippen molar-refractivity contribution in [3.05, 3.63) is 29.8 Å². The van der Waals surface area contributed by atoms with Crippen LogP contribution in [-0.2, 0) is 14.8 Å². The molecule has 0 saturated heterocycles. The molecule has 0 atom stereocenters. The highest BCUT2D eigenvalue weighted by Gasteiger charge is 2.28. The van der Waals surface area contributed by atoms with E-state index in [0.717, 1.165) is 44.1 Å². The fraction of sp³-hybridized carbons (Fsp3) is 0.696. The number of rotatable bonds is 6. The number of amides is 1. The monoisotopic (exact) mass is 420 g/mol. The minimum Gasteiger partial charge on any atom is -0.353 e. The largest absolute Gasteiger partial charge is 0.353 e. The second-order valence-electron chi connectivity index (χ2n) is 8.93. The molecule has 0 spiro atoms. The number of nitrogens with one attached hydrogen (secondary N) is 2. The van der Waals surface area contributed by atoms with Crippen molar-refractivity contribution in [3.8, 4) is 0 Å². The third kappa shape index (κ3) is 6.82. The fourth-order valence-electron chi connectivity index (χ4n) is 4.58. The topological polar surface area (TPSA) is 75.3 Å². The second-order valence-corrected chi connectivity index (χ2v) is 10.7. The van der Waals surface area contributed by atoms with Gasteiger partial charge >= 0.3 is 0 Å². The molecule has 2 fully saturated rings. The Balaban J connectivity index is 1.41. The Bertz CT molecular complexity index is 745. The molecular weight excluding hydrogens is 384 g/mol. The van der Waals surface area contributed by atoms with Crippen molar-refractivity contribution in [2.75, 3.05) is 6.54 Å². The Morgan fingerprint density at radius 2 is 1.48 bits per heavy atom. The van der Waals surface area contributed by atoms with E-state index < -0.39 is 10.0 Å². The van der Waals surface area contributed by atoms with Gasteiger partial charge < -0.3 is 5.32 Å². The number of carbonyl (C=O) groups is 1. The Hall–Kier alpha value is -1.40. The highest BCUT2D eigenvalue weighted by atomic mass is 32.2. The van der Waals surface area contributed by atoms with E-state index in [1.165, 1.54) is 32.1 Å². The summed E-state index contributed by atoms with van der Waals surface area (Å²) in [6.45, 7) is 2.39.